The summed E-state index contributed by atoms with van der Waals surface area (Å²) in [6.07, 6.45) is 10.1. The molecule has 8 heteroatoms. The fourth-order valence-corrected chi connectivity index (χ4v) is 2.99. The third kappa shape index (κ3) is 4.33. The predicted molar refractivity (Wildman–Crippen MR) is 113 cm³/mol. The van der Waals surface area contributed by atoms with Crippen LogP contribution in [-0.4, -0.2) is 38.9 Å². The summed E-state index contributed by atoms with van der Waals surface area (Å²) in [4.78, 5) is 29.3. The first-order valence-corrected chi connectivity index (χ1v) is 9.46. The molecule has 4 heterocycles. The average molecular weight is 400 g/mol. The standard InChI is InChI=1S/C22H20N6O2/c1-15-12-24-8-6-17(15)18-14-27-22(28-20(18)19-5-3-11-30-19)26-10-9-25-21(29)16-4-2-7-23-13-16/h2-8,11-14H,9-10H2,1H3,(H,25,29)(H,26,27,28). The van der Waals surface area contributed by atoms with Crippen LogP contribution in [0, 0.1) is 6.92 Å². The lowest BCUT2D eigenvalue weighted by Crippen LogP contribution is -2.29. The highest BCUT2D eigenvalue weighted by atomic mass is 16.3. The number of carbonyl (C=O) groups is 1. The van der Waals surface area contributed by atoms with Crippen molar-refractivity contribution in [2.75, 3.05) is 18.4 Å². The van der Waals surface area contributed by atoms with Crippen molar-refractivity contribution in [3.8, 4) is 22.6 Å². The lowest BCUT2D eigenvalue weighted by molar-refractivity contribution is 0.0955. The van der Waals surface area contributed by atoms with Gasteiger partial charge >= 0.3 is 0 Å². The van der Waals surface area contributed by atoms with Crippen LogP contribution in [0.15, 0.2) is 72.0 Å². The van der Waals surface area contributed by atoms with E-state index in [0.29, 0.717) is 36.1 Å². The van der Waals surface area contributed by atoms with Crippen molar-refractivity contribution in [3.05, 3.63) is 78.7 Å². The van der Waals surface area contributed by atoms with Crippen molar-refractivity contribution in [2.45, 2.75) is 6.92 Å². The van der Waals surface area contributed by atoms with E-state index in [1.54, 1.807) is 43.2 Å². The highest BCUT2D eigenvalue weighted by molar-refractivity contribution is 5.93. The van der Waals surface area contributed by atoms with Crippen molar-refractivity contribution in [2.24, 2.45) is 0 Å². The molecule has 0 fully saturated rings. The number of nitrogens with one attached hydrogen (secondary N) is 2. The molecule has 0 spiro atoms. The number of hydrogen-bond acceptors (Lipinski definition) is 7. The molecule has 0 radical (unpaired) electrons. The number of anilines is 1. The minimum Gasteiger partial charge on any atom is -0.463 e. The molecule has 0 unspecified atom stereocenters. The lowest BCUT2D eigenvalue weighted by Gasteiger charge is -2.12. The van der Waals surface area contributed by atoms with E-state index in [0.717, 1.165) is 16.7 Å². The number of aryl methyl sites for hydroxylation is 1. The van der Waals surface area contributed by atoms with Crippen molar-refractivity contribution >= 4 is 11.9 Å². The summed E-state index contributed by atoms with van der Waals surface area (Å²) in [5.41, 5.74) is 4.08. The van der Waals surface area contributed by atoms with E-state index in [-0.39, 0.29) is 5.91 Å². The first-order chi connectivity index (χ1) is 14.7. The second-order valence-corrected chi connectivity index (χ2v) is 6.55. The van der Waals surface area contributed by atoms with Gasteiger partial charge in [-0.1, -0.05) is 0 Å². The molecule has 0 saturated heterocycles. The van der Waals surface area contributed by atoms with E-state index < -0.39 is 0 Å². The largest absolute Gasteiger partial charge is 0.463 e. The Labute approximate surface area is 173 Å². The van der Waals surface area contributed by atoms with E-state index >= 15 is 0 Å². The molecule has 2 N–H and O–H groups in total. The summed E-state index contributed by atoms with van der Waals surface area (Å²) in [5, 5.41) is 5.97. The maximum atomic E-state index is 12.1. The zero-order valence-corrected chi connectivity index (χ0v) is 16.4. The van der Waals surface area contributed by atoms with Crippen LogP contribution in [0.4, 0.5) is 5.95 Å². The smallest absolute Gasteiger partial charge is 0.252 e. The van der Waals surface area contributed by atoms with Gasteiger partial charge in [0.05, 0.1) is 11.8 Å². The Morgan fingerprint density at radius 2 is 1.90 bits per heavy atom. The van der Waals surface area contributed by atoms with Crippen LogP contribution in [-0.2, 0) is 0 Å². The van der Waals surface area contributed by atoms with Crippen LogP contribution in [0.5, 0.6) is 0 Å². The third-order valence-electron chi connectivity index (χ3n) is 4.47. The van der Waals surface area contributed by atoms with Crippen molar-refractivity contribution in [1.82, 2.24) is 25.3 Å². The van der Waals surface area contributed by atoms with Crippen LogP contribution in [0.1, 0.15) is 15.9 Å². The molecule has 0 atom stereocenters. The van der Waals surface area contributed by atoms with Crippen LogP contribution in [0.3, 0.4) is 0 Å². The van der Waals surface area contributed by atoms with E-state index in [1.165, 1.54) is 6.20 Å². The second-order valence-electron chi connectivity index (χ2n) is 6.55. The Balaban J connectivity index is 1.48. The Hall–Kier alpha value is -4.07. The summed E-state index contributed by atoms with van der Waals surface area (Å²) in [6, 6.07) is 9.06. The number of aromatic nitrogens is 4. The molecule has 4 rings (SSSR count). The van der Waals surface area contributed by atoms with Gasteiger partial charge in [-0.15, -0.1) is 0 Å². The highest BCUT2D eigenvalue weighted by Gasteiger charge is 2.15. The summed E-state index contributed by atoms with van der Waals surface area (Å²) in [6.45, 7) is 2.88. The third-order valence-corrected chi connectivity index (χ3v) is 4.47. The van der Waals surface area contributed by atoms with Crippen molar-refractivity contribution in [3.63, 3.8) is 0 Å². The fraction of sp³-hybridized carbons (Fsp3) is 0.136. The number of rotatable bonds is 7. The van der Waals surface area contributed by atoms with E-state index in [1.807, 2.05) is 25.1 Å². The molecule has 0 saturated carbocycles. The molecule has 0 bridgehead atoms. The van der Waals surface area contributed by atoms with Gasteiger partial charge in [0.25, 0.3) is 5.91 Å². The number of carbonyl (C=O) groups excluding carboxylic acids is 1. The molecule has 4 aromatic heterocycles. The highest BCUT2D eigenvalue weighted by Crippen LogP contribution is 2.32. The molecular weight excluding hydrogens is 380 g/mol. The topological polar surface area (TPSA) is 106 Å². The van der Waals surface area contributed by atoms with E-state index in [4.69, 9.17) is 4.42 Å². The van der Waals surface area contributed by atoms with E-state index in [9.17, 15) is 4.79 Å². The number of nitrogens with zero attached hydrogens (tertiary/aromatic N) is 4. The normalized spacial score (nSPS) is 10.6. The van der Waals surface area contributed by atoms with Gasteiger partial charge in [-0.3, -0.25) is 14.8 Å². The Bertz CT molecular complexity index is 1130. The molecule has 30 heavy (non-hydrogen) atoms. The average Bonchev–Trinajstić information content (AvgIpc) is 3.32. The van der Waals surface area contributed by atoms with Gasteiger partial charge in [-0.2, -0.15) is 0 Å². The van der Waals surface area contributed by atoms with Gasteiger partial charge < -0.3 is 15.1 Å². The van der Waals surface area contributed by atoms with Crippen LogP contribution >= 0.6 is 0 Å². The van der Waals surface area contributed by atoms with Gasteiger partial charge in [0.2, 0.25) is 5.95 Å². The maximum Gasteiger partial charge on any atom is 0.252 e. The quantitative estimate of drug-likeness (QED) is 0.458. The van der Waals surface area contributed by atoms with Crippen LogP contribution in [0.2, 0.25) is 0 Å². The summed E-state index contributed by atoms with van der Waals surface area (Å²) < 4.78 is 5.59. The Morgan fingerprint density at radius 1 is 1.00 bits per heavy atom. The zero-order valence-electron chi connectivity index (χ0n) is 16.4. The molecule has 4 aromatic rings. The van der Waals surface area contributed by atoms with Gasteiger partial charge in [-0.05, 0) is 48.4 Å². The summed E-state index contributed by atoms with van der Waals surface area (Å²) >= 11 is 0. The number of pyridine rings is 2. The summed E-state index contributed by atoms with van der Waals surface area (Å²) in [7, 11) is 0. The first-order valence-electron chi connectivity index (χ1n) is 9.46. The Kier molecular flexibility index (Phi) is 5.75. The van der Waals surface area contributed by atoms with Gasteiger partial charge in [0.1, 0.15) is 5.69 Å². The van der Waals surface area contributed by atoms with E-state index in [2.05, 4.69) is 30.6 Å². The number of amides is 1. The minimum absolute atomic E-state index is 0.175. The first kappa shape index (κ1) is 19.3. The van der Waals surface area contributed by atoms with Gasteiger partial charge in [0, 0.05) is 49.6 Å². The van der Waals surface area contributed by atoms with Crippen LogP contribution in [0.25, 0.3) is 22.6 Å². The predicted octanol–water partition coefficient (Wildman–Crippen LogP) is 3.34. The lowest BCUT2D eigenvalue weighted by atomic mass is 10.0. The molecule has 0 aliphatic carbocycles. The van der Waals surface area contributed by atoms with Crippen molar-refractivity contribution in [1.29, 1.82) is 0 Å². The Morgan fingerprint density at radius 3 is 2.67 bits per heavy atom. The molecule has 1 amide bonds. The molecule has 0 aromatic carbocycles. The number of furan rings is 1. The zero-order chi connectivity index (χ0) is 20.8. The maximum absolute atomic E-state index is 12.1. The van der Waals surface area contributed by atoms with Crippen molar-refractivity contribution < 1.29 is 9.21 Å². The van der Waals surface area contributed by atoms with Crippen LogP contribution < -0.4 is 10.6 Å². The number of hydrogen-bond donors (Lipinski definition) is 2. The summed E-state index contributed by atoms with van der Waals surface area (Å²) in [5.74, 6) is 0.926. The van der Waals surface area contributed by atoms with Gasteiger partial charge in [0.15, 0.2) is 5.76 Å². The minimum atomic E-state index is -0.175. The molecular formula is C22H20N6O2. The second kappa shape index (κ2) is 8.95. The SMILES string of the molecule is Cc1cnccc1-c1cnc(NCCNC(=O)c2cccnc2)nc1-c1ccco1. The molecule has 0 aliphatic heterocycles. The fourth-order valence-electron chi connectivity index (χ4n) is 2.99. The molecule has 0 aliphatic rings. The molecule has 150 valence electrons. The monoisotopic (exact) mass is 400 g/mol. The van der Waals surface area contributed by atoms with Gasteiger partial charge in [-0.25, -0.2) is 9.97 Å². The molecule has 8 nitrogen and oxygen atoms in total.